The average Bonchev–Trinajstić information content (AvgIpc) is 2.38. The Bertz CT molecular complexity index is 457. The molecule has 1 rings (SSSR count). The average molecular weight is 250 g/mol. The minimum absolute atomic E-state index is 0.384. The van der Waals surface area contributed by atoms with E-state index in [1.165, 1.54) is 7.11 Å². The third-order valence-electron chi connectivity index (χ3n) is 2.08. The minimum atomic E-state index is -0.384. The summed E-state index contributed by atoms with van der Waals surface area (Å²) >= 11 is 4.08. The molecular formula is C13H14O3S. The molecular weight excluding hydrogens is 236 g/mol. The summed E-state index contributed by atoms with van der Waals surface area (Å²) in [7, 11) is 2.91. The molecule has 4 heteroatoms. The van der Waals surface area contributed by atoms with E-state index in [2.05, 4.69) is 29.2 Å². The van der Waals surface area contributed by atoms with E-state index in [0.717, 1.165) is 0 Å². The first-order chi connectivity index (χ1) is 8.22. The summed E-state index contributed by atoms with van der Waals surface area (Å²) in [5.74, 6) is 6.86. The first-order valence-corrected chi connectivity index (χ1v) is 5.72. The Labute approximate surface area is 107 Å². The molecule has 90 valence electrons. The molecule has 0 radical (unpaired) electrons. The highest BCUT2D eigenvalue weighted by molar-refractivity contribution is 7.80. The fraction of sp³-hybridized carbons (Fsp3) is 0.308. The number of esters is 1. The van der Waals surface area contributed by atoms with E-state index in [9.17, 15) is 4.79 Å². The van der Waals surface area contributed by atoms with Gasteiger partial charge in [-0.05, 0) is 18.2 Å². The molecule has 0 unspecified atom stereocenters. The Morgan fingerprint density at radius 2 is 2.18 bits per heavy atom. The lowest BCUT2D eigenvalue weighted by molar-refractivity contribution is 0.0600. The van der Waals surface area contributed by atoms with Gasteiger partial charge in [0.05, 0.1) is 25.3 Å². The predicted octanol–water partition coefficient (Wildman–Crippen LogP) is 2.15. The number of hydrogen-bond donors (Lipinski definition) is 1. The molecule has 1 aromatic carbocycles. The van der Waals surface area contributed by atoms with Crippen LogP contribution >= 0.6 is 12.6 Å². The summed E-state index contributed by atoms with van der Waals surface area (Å²) in [6.45, 7) is 0. The fourth-order valence-electron chi connectivity index (χ4n) is 1.26. The number of carbonyl (C=O) groups is 1. The monoisotopic (exact) mass is 250 g/mol. The number of rotatable bonds is 3. The van der Waals surface area contributed by atoms with Crippen LogP contribution in [0.1, 0.15) is 22.3 Å². The van der Waals surface area contributed by atoms with Crippen LogP contribution in [0.25, 0.3) is 0 Å². The van der Waals surface area contributed by atoms with Crippen molar-refractivity contribution in [1.82, 2.24) is 0 Å². The highest BCUT2D eigenvalue weighted by Gasteiger charge is 2.08. The molecule has 0 atom stereocenters. The maximum absolute atomic E-state index is 11.4. The quantitative estimate of drug-likeness (QED) is 0.507. The Morgan fingerprint density at radius 3 is 2.76 bits per heavy atom. The SMILES string of the molecule is COC(=O)c1ccc(OC)c(C#CCCS)c1. The smallest absolute Gasteiger partial charge is 0.337 e. The first kappa shape index (κ1) is 13.5. The van der Waals surface area contributed by atoms with Crippen LogP contribution in [0.15, 0.2) is 18.2 Å². The maximum atomic E-state index is 11.4. The van der Waals surface area contributed by atoms with Crippen molar-refractivity contribution in [3.05, 3.63) is 29.3 Å². The molecule has 0 heterocycles. The lowest BCUT2D eigenvalue weighted by Crippen LogP contribution is -2.02. The molecule has 0 aromatic heterocycles. The van der Waals surface area contributed by atoms with E-state index in [4.69, 9.17) is 4.74 Å². The van der Waals surface area contributed by atoms with Crippen LogP contribution in [0.4, 0.5) is 0 Å². The van der Waals surface area contributed by atoms with Gasteiger partial charge in [0.15, 0.2) is 0 Å². The van der Waals surface area contributed by atoms with Gasteiger partial charge in [-0.3, -0.25) is 0 Å². The van der Waals surface area contributed by atoms with E-state index in [1.54, 1.807) is 25.3 Å². The standard InChI is InChI=1S/C13H14O3S/c1-15-12-7-6-11(13(14)16-2)9-10(12)5-3-4-8-17/h6-7,9,17H,4,8H2,1-2H3. The van der Waals surface area contributed by atoms with Gasteiger partial charge in [0.1, 0.15) is 5.75 Å². The van der Waals surface area contributed by atoms with Gasteiger partial charge < -0.3 is 9.47 Å². The number of benzene rings is 1. The lowest BCUT2D eigenvalue weighted by Gasteiger charge is -2.05. The molecule has 0 bridgehead atoms. The van der Waals surface area contributed by atoms with Crippen molar-refractivity contribution in [2.45, 2.75) is 6.42 Å². The zero-order valence-corrected chi connectivity index (χ0v) is 10.7. The second-order valence-corrected chi connectivity index (χ2v) is 3.63. The van der Waals surface area contributed by atoms with E-state index >= 15 is 0 Å². The number of hydrogen-bond acceptors (Lipinski definition) is 4. The fourth-order valence-corrected chi connectivity index (χ4v) is 1.38. The predicted molar refractivity (Wildman–Crippen MR) is 69.7 cm³/mol. The largest absolute Gasteiger partial charge is 0.495 e. The van der Waals surface area contributed by atoms with Crippen molar-refractivity contribution in [1.29, 1.82) is 0 Å². The second-order valence-electron chi connectivity index (χ2n) is 3.18. The van der Waals surface area contributed by atoms with Gasteiger partial charge in [-0.2, -0.15) is 12.6 Å². The number of ether oxygens (including phenoxy) is 2. The van der Waals surface area contributed by atoms with Crippen LogP contribution in [0.2, 0.25) is 0 Å². The van der Waals surface area contributed by atoms with E-state index in [0.29, 0.717) is 29.1 Å². The normalized spacial score (nSPS) is 9.12. The summed E-state index contributed by atoms with van der Waals surface area (Å²) in [5, 5.41) is 0. The van der Waals surface area contributed by atoms with Gasteiger partial charge in [-0.15, -0.1) is 0 Å². The maximum Gasteiger partial charge on any atom is 0.337 e. The Balaban J connectivity index is 3.07. The molecule has 0 saturated heterocycles. The van der Waals surface area contributed by atoms with E-state index < -0.39 is 0 Å². The lowest BCUT2D eigenvalue weighted by atomic mass is 10.1. The van der Waals surface area contributed by atoms with Crippen molar-refractivity contribution in [3.63, 3.8) is 0 Å². The molecule has 0 spiro atoms. The van der Waals surface area contributed by atoms with Crippen LogP contribution in [0.5, 0.6) is 5.75 Å². The highest BCUT2D eigenvalue weighted by atomic mass is 32.1. The van der Waals surface area contributed by atoms with Gasteiger partial charge >= 0.3 is 5.97 Å². The molecule has 3 nitrogen and oxygen atoms in total. The summed E-state index contributed by atoms with van der Waals surface area (Å²) in [6.07, 6.45) is 0.689. The summed E-state index contributed by atoms with van der Waals surface area (Å²) < 4.78 is 9.82. The van der Waals surface area contributed by atoms with Crippen molar-refractivity contribution >= 4 is 18.6 Å². The Morgan fingerprint density at radius 1 is 1.41 bits per heavy atom. The molecule has 0 saturated carbocycles. The first-order valence-electron chi connectivity index (χ1n) is 5.09. The molecule has 0 amide bonds. The van der Waals surface area contributed by atoms with Crippen molar-refractivity contribution in [3.8, 4) is 17.6 Å². The summed E-state index contributed by atoms with van der Waals surface area (Å²) in [6, 6.07) is 5.02. The molecule has 0 N–H and O–H groups in total. The Hall–Kier alpha value is -1.60. The molecule has 1 aromatic rings. The van der Waals surface area contributed by atoms with Crippen LogP contribution in [-0.2, 0) is 4.74 Å². The number of carbonyl (C=O) groups excluding carboxylic acids is 1. The minimum Gasteiger partial charge on any atom is -0.495 e. The Kier molecular flexibility index (Phi) is 5.44. The molecule has 17 heavy (non-hydrogen) atoms. The van der Waals surface area contributed by atoms with Crippen molar-refractivity contribution < 1.29 is 14.3 Å². The van der Waals surface area contributed by atoms with E-state index in [-0.39, 0.29) is 5.97 Å². The number of thiol groups is 1. The molecule has 0 aliphatic carbocycles. The molecule has 0 aliphatic heterocycles. The third kappa shape index (κ3) is 3.72. The van der Waals surface area contributed by atoms with Crippen LogP contribution in [-0.4, -0.2) is 25.9 Å². The molecule has 0 aliphatic rings. The van der Waals surface area contributed by atoms with E-state index in [1.807, 2.05) is 0 Å². The van der Waals surface area contributed by atoms with Crippen LogP contribution < -0.4 is 4.74 Å². The zero-order chi connectivity index (χ0) is 12.7. The van der Waals surface area contributed by atoms with Gasteiger partial charge in [0.25, 0.3) is 0 Å². The van der Waals surface area contributed by atoms with Crippen molar-refractivity contribution in [2.24, 2.45) is 0 Å². The van der Waals surface area contributed by atoms with Crippen molar-refractivity contribution in [2.75, 3.05) is 20.0 Å². The van der Waals surface area contributed by atoms with Crippen LogP contribution in [0, 0.1) is 11.8 Å². The van der Waals surface area contributed by atoms with Gasteiger partial charge in [-0.1, -0.05) is 11.8 Å². The zero-order valence-electron chi connectivity index (χ0n) is 9.82. The third-order valence-corrected chi connectivity index (χ3v) is 2.30. The highest BCUT2D eigenvalue weighted by Crippen LogP contribution is 2.19. The second kappa shape index (κ2) is 6.87. The van der Waals surface area contributed by atoms with Gasteiger partial charge in [0, 0.05) is 12.2 Å². The number of methoxy groups -OCH3 is 2. The summed E-state index contributed by atoms with van der Waals surface area (Å²) in [4.78, 5) is 11.4. The van der Waals surface area contributed by atoms with Crippen LogP contribution in [0.3, 0.4) is 0 Å². The molecule has 0 fully saturated rings. The van der Waals surface area contributed by atoms with Gasteiger partial charge in [-0.25, -0.2) is 4.79 Å². The topological polar surface area (TPSA) is 35.5 Å². The van der Waals surface area contributed by atoms with Gasteiger partial charge in [0.2, 0.25) is 0 Å². The summed E-state index contributed by atoms with van der Waals surface area (Å²) in [5.41, 5.74) is 1.14.